The van der Waals surface area contributed by atoms with Crippen LogP contribution < -0.4 is 4.72 Å². The van der Waals surface area contributed by atoms with Crippen molar-refractivity contribution in [2.24, 2.45) is 0 Å². The van der Waals surface area contributed by atoms with Crippen molar-refractivity contribution in [3.8, 4) is 0 Å². The number of hydrogen-bond donors (Lipinski definition) is 2. The topological polar surface area (TPSA) is 102 Å². The molecule has 104 valence electrons. The number of aliphatic hydroxyl groups is 1. The molecule has 0 fully saturated rings. The van der Waals surface area contributed by atoms with E-state index in [2.05, 4.69) is 9.88 Å². The molecule has 8 heteroatoms. The lowest BCUT2D eigenvalue weighted by atomic mass is 10.2. The molecule has 18 heavy (non-hydrogen) atoms. The first-order valence-electron chi connectivity index (χ1n) is 5.49. The summed E-state index contributed by atoms with van der Waals surface area (Å²) in [5, 5.41) is 12.5. The third-order valence-corrected chi connectivity index (χ3v) is 3.57. The van der Waals surface area contributed by atoms with Gasteiger partial charge in [-0.1, -0.05) is 5.16 Å². The highest BCUT2D eigenvalue weighted by Crippen LogP contribution is 2.07. The molecule has 1 rings (SSSR count). The van der Waals surface area contributed by atoms with Gasteiger partial charge >= 0.3 is 0 Å². The molecule has 1 aromatic rings. The standard InChI is InChI=1S/C10H18N2O5S/c1-8-5-10(11-17-8)7-18(14,15)12-9(3-4-13)6-16-2/h5,9,12-13H,3-4,6-7H2,1-2H3. The minimum absolute atomic E-state index is 0.111. The Morgan fingerprint density at radius 3 is 2.83 bits per heavy atom. The van der Waals surface area contributed by atoms with Crippen LogP contribution in [0.25, 0.3) is 0 Å². The summed E-state index contributed by atoms with van der Waals surface area (Å²) >= 11 is 0. The number of rotatable bonds is 8. The minimum atomic E-state index is -3.53. The molecule has 0 saturated carbocycles. The maximum absolute atomic E-state index is 11.8. The van der Waals surface area contributed by atoms with Crippen LogP contribution in [0.15, 0.2) is 10.6 Å². The van der Waals surface area contributed by atoms with Crippen molar-refractivity contribution in [2.75, 3.05) is 20.3 Å². The Balaban J connectivity index is 2.62. The van der Waals surface area contributed by atoms with Crippen LogP contribution in [0.1, 0.15) is 17.9 Å². The smallest absolute Gasteiger partial charge is 0.217 e. The Bertz CT molecular complexity index is 451. The molecule has 1 unspecified atom stereocenters. The molecule has 0 saturated heterocycles. The molecular formula is C10H18N2O5S. The van der Waals surface area contributed by atoms with Crippen molar-refractivity contribution in [1.82, 2.24) is 9.88 Å². The molecule has 0 aromatic carbocycles. The van der Waals surface area contributed by atoms with Crippen LogP contribution in [-0.2, 0) is 20.5 Å². The Hall–Kier alpha value is -0.960. The van der Waals surface area contributed by atoms with E-state index in [1.807, 2.05) is 0 Å². The van der Waals surface area contributed by atoms with Crippen LogP contribution in [0.3, 0.4) is 0 Å². The number of sulfonamides is 1. The number of nitrogens with zero attached hydrogens (tertiary/aromatic N) is 1. The molecule has 0 aliphatic rings. The molecule has 1 atom stereocenters. The first-order chi connectivity index (χ1) is 8.46. The molecule has 0 bridgehead atoms. The maximum Gasteiger partial charge on any atom is 0.217 e. The Labute approximate surface area is 106 Å². The van der Waals surface area contributed by atoms with E-state index >= 15 is 0 Å². The number of hydrogen-bond acceptors (Lipinski definition) is 6. The second kappa shape index (κ2) is 6.83. The van der Waals surface area contributed by atoms with Crippen LogP contribution in [0.4, 0.5) is 0 Å². The zero-order chi connectivity index (χ0) is 13.6. The van der Waals surface area contributed by atoms with Gasteiger partial charge in [-0.25, -0.2) is 13.1 Å². The van der Waals surface area contributed by atoms with E-state index in [1.54, 1.807) is 13.0 Å². The largest absolute Gasteiger partial charge is 0.396 e. The zero-order valence-electron chi connectivity index (χ0n) is 10.4. The van der Waals surface area contributed by atoms with Crippen molar-refractivity contribution in [2.45, 2.75) is 25.1 Å². The first-order valence-corrected chi connectivity index (χ1v) is 7.14. The van der Waals surface area contributed by atoms with Gasteiger partial charge in [0.15, 0.2) is 0 Å². The van der Waals surface area contributed by atoms with Crippen molar-refractivity contribution in [1.29, 1.82) is 0 Å². The SMILES string of the molecule is COCC(CCO)NS(=O)(=O)Cc1cc(C)on1. The fraction of sp³-hybridized carbons (Fsp3) is 0.700. The number of aryl methyl sites for hydroxylation is 1. The monoisotopic (exact) mass is 278 g/mol. The van der Waals surface area contributed by atoms with Crippen molar-refractivity contribution in [3.63, 3.8) is 0 Å². The molecule has 0 aliphatic carbocycles. The summed E-state index contributed by atoms with van der Waals surface area (Å²) < 4.78 is 35.8. The van der Waals surface area contributed by atoms with Crippen LogP contribution in [-0.4, -0.2) is 45.0 Å². The molecule has 1 heterocycles. The van der Waals surface area contributed by atoms with Gasteiger partial charge in [-0.2, -0.15) is 0 Å². The fourth-order valence-electron chi connectivity index (χ4n) is 1.51. The third kappa shape index (κ3) is 5.13. The highest BCUT2D eigenvalue weighted by atomic mass is 32.2. The number of methoxy groups -OCH3 is 1. The fourth-order valence-corrected chi connectivity index (χ4v) is 2.81. The molecule has 7 nitrogen and oxygen atoms in total. The van der Waals surface area contributed by atoms with Gasteiger partial charge in [0.2, 0.25) is 10.0 Å². The summed E-state index contributed by atoms with van der Waals surface area (Å²) in [6.45, 7) is 1.79. The lowest BCUT2D eigenvalue weighted by molar-refractivity contribution is 0.158. The van der Waals surface area contributed by atoms with Gasteiger partial charge < -0.3 is 14.4 Å². The molecule has 2 N–H and O–H groups in total. The van der Waals surface area contributed by atoms with Crippen molar-refractivity contribution >= 4 is 10.0 Å². The van der Waals surface area contributed by atoms with Crippen molar-refractivity contribution in [3.05, 3.63) is 17.5 Å². The Morgan fingerprint density at radius 1 is 1.61 bits per heavy atom. The average molecular weight is 278 g/mol. The van der Waals surface area contributed by atoms with Gasteiger partial charge in [0.1, 0.15) is 17.2 Å². The van der Waals surface area contributed by atoms with Gasteiger partial charge in [0.25, 0.3) is 0 Å². The summed E-state index contributed by atoms with van der Waals surface area (Å²) in [4.78, 5) is 0. The lowest BCUT2D eigenvalue weighted by Gasteiger charge is -2.16. The highest BCUT2D eigenvalue weighted by molar-refractivity contribution is 7.88. The number of aromatic nitrogens is 1. The Kier molecular flexibility index (Phi) is 5.73. The normalized spacial score (nSPS) is 13.7. The van der Waals surface area contributed by atoms with E-state index in [4.69, 9.17) is 14.4 Å². The summed E-state index contributed by atoms with van der Waals surface area (Å²) in [5.74, 6) is 0.305. The predicted octanol–water partition coefficient (Wildman–Crippen LogP) is -0.200. The summed E-state index contributed by atoms with van der Waals surface area (Å²) in [6, 6.07) is 1.12. The average Bonchev–Trinajstić information content (AvgIpc) is 2.63. The second-order valence-electron chi connectivity index (χ2n) is 3.97. The third-order valence-electron chi connectivity index (χ3n) is 2.21. The lowest BCUT2D eigenvalue weighted by Crippen LogP contribution is -2.39. The Morgan fingerprint density at radius 2 is 2.33 bits per heavy atom. The predicted molar refractivity (Wildman–Crippen MR) is 64.4 cm³/mol. The van der Waals surface area contributed by atoms with E-state index in [1.165, 1.54) is 7.11 Å². The van der Waals surface area contributed by atoms with Gasteiger partial charge in [0.05, 0.1) is 6.61 Å². The minimum Gasteiger partial charge on any atom is -0.396 e. The van der Waals surface area contributed by atoms with Gasteiger partial charge in [-0.15, -0.1) is 0 Å². The van der Waals surface area contributed by atoms with Crippen LogP contribution >= 0.6 is 0 Å². The van der Waals surface area contributed by atoms with Crippen LogP contribution in [0.2, 0.25) is 0 Å². The quantitative estimate of drug-likeness (QED) is 0.683. The summed E-state index contributed by atoms with van der Waals surface area (Å²) in [7, 11) is -2.06. The zero-order valence-corrected chi connectivity index (χ0v) is 11.2. The van der Waals surface area contributed by atoms with E-state index in [0.717, 1.165) is 0 Å². The van der Waals surface area contributed by atoms with E-state index < -0.39 is 16.1 Å². The van der Waals surface area contributed by atoms with Gasteiger partial charge in [-0.3, -0.25) is 0 Å². The first kappa shape index (κ1) is 15.1. The summed E-state index contributed by atoms with van der Waals surface area (Å²) in [6.07, 6.45) is 0.297. The van der Waals surface area contributed by atoms with Crippen LogP contribution in [0.5, 0.6) is 0 Å². The maximum atomic E-state index is 11.8. The number of nitrogens with one attached hydrogen (secondary N) is 1. The van der Waals surface area contributed by atoms with Crippen LogP contribution in [0, 0.1) is 6.92 Å². The molecule has 1 aromatic heterocycles. The number of aliphatic hydroxyl groups excluding tert-OH is 1. The number of ether oxygens (including phenoxy) is 1. The van der Waals surface area contributed by atoms with E-state index in [-0.39, 0.29) is 19.0 Å². The van der Waals surface area contributed by atoms with E-state index in [0.29, 0.717) is 17.9 Å². The summed E-state index contributed by atoms with van der Waals surface area (Å²) in [5.41, 5.74) is 0.347. The second-order valence-corrected chi connectivity index (χ2v) is 5.72. The molecule has 0 aliphatic heterocycles. The molecule has 0 spiro atoms. The molecular weight excluding hydrogens is 260 g/mol. The molecule has 0 amide bonds. The van der Waals surface area contributed by atoms with E-state index in [9.17, 15) is 8.42 Å². The molecule has 0 radical (unpaired) electrons. The highest BCUT2D eigenvalue weighted by Gasteiger charge is 2.19. The van der Waals surface area contributed by atoms with Gasteiger partial charge in [-0.05, 0) is 13.3 Å². The van der Waals surface area contributed by atoms with Gasteiger partial charge in [0, 0.05) is 25.8 Å². The van der Waals surface area contributed by atoms with Crippen molar-refractivity contribution < 1.29 is 22.8 Å².